The minimum atomic E-state index is -0.399. The maximum atomic E-state index is 8.95. The molecule has 0 radical (unpaired) electrons. The lowest BCUT2D eigenvalue weighted by Gasteiger charge is -2.36. The predicted octanol–water partition coefficient (Wildman–Crippen LogP) is 2.56. The van der Waals surface area contributed by atoms with Crippen LogP contribution in [0.4, 0.5) is 5.69 Å². The van der Waals surface area contributed by atoms with E-state index >= 15 is 0 Å². The summed E-state index contributed by atoms with van der Waals surface area (Å²) in [6.45, 7) is 1.98. The SMILES string of the molecule is CC1C(C#N)Oc2ccc(Br)cc2N1C. The van der Waals surface area contributed by atoms with E-state index in [2.05, 4.69) is 26.9 Å². The van der Waals surface area contributed by atoms with Crippen LogP contribution in [0.2, 0.25) is 0 Å². The number of anilines is 1. The second-order valence-corrected chi connectivity index (χ2v) is 4.55. The molecule has 0 saturated heterocycles. The van der Waals surface area contributed by atoms with Crippen LogP contribution in [-0.4, -0.2) is 19.2 Å². The molecule has 0 amide bonds. The molecule has 78 valence electrons. The molecule has 4 heteroatoms. The summed E-state index contributed by atoms with van der Waals surface area (Å²) in [7, 11) is 1.98. The summed E-state index contributed by atoms with van der Waals surface area (Å²) in [4.78, 5) is 2.07. The summed E-state index contributed by atoms with van der Waals surface area (Å²) in [5.41, 5.74) is 1.02. The fraction of sp³-hybridized carbons (Fsp3) is 0.364. The first-order chi connectivity index (χ1) is 7.13. The molecule has 0 spiro atoms. The lowest BCUT2D eigenvalue weighted by Crippen LogP contribution is -2.45. The maximum Gasteiger partial charge on any atom is 0.204 e. The lowest BCUT2D eigenvalue weighted by atomic mass is 10.1. The molecule has 0 saturated carbocycles. The van der Waals surface area contributed by atoms with Crippen molar-refractivity contribution in [3.63, 3.8) is 0 Å². The molecule has 1 aromatic carbocycles. The van der Waals surface area contributed by atoms with E-state index in [0.717, 1.165) is 15.9 Å². The van der Waals surface area contributed by atoms with E-state index in [0.29, 0.717) is 0 Å². The van der Waals surface area contributed by atoms with E-state index in [1.165, 1.54) is 0 Å². The molecular weight excluding hydrogens is 256 g/mol. The monoisotopic (exact) mass is 266 g/mol. The van der Waals surface area contributed by atoms with Crippen molar-refractivity contribution in [3.8, 4) is 11.8 Å². The highest BCUT2D eigenvalue weighted by molar-refractivity contribution is 9.10. The number of nitrogens with zero attached hydrogens (tertiary/aromatic N) is 2. The molecule has 1 aliphatic rings. The maximum absolute atomic E-state index is 8.95. The Balaban J connectivity index is 2.46. The number of fused-ring (bicyclic) bond motifs is 1. The van der Waals surface area contributed by atoms with Gasteiger partial charge in [0.1, 0.15) is 11.8 Å². The Labute approximate surface area is 97.4 Å². The zero-order chi connectivity index (χ0) is 11.0. The van der Waals surface area contributed by atoms with Crippen molar-refractivity contribution in [3.05, 3.63) is 22.7 Å². The van der Waals surface area contributed by atoms with Crippen LogP contribution in [0.5, 0.6) is 5.75 Å². The topological polar surface area (TPSA) is 36.3 Å². The van der Waals surface area contributed by atoms with Crippen molar-refractivity contribution in [2.24, 2.45) is 0 Å². The normalized spacial score (nSPS) is 24.0. The van der Waals surface area contributed by atoms with Gasteiger partial charge in [-0.1, -0.05) is 15.9 Å². The molecule has 2 unspecified atom stereocenters. The first-order valence-corrected chi connectivity index (χ1v) is 5.51. The van der Waals surface area contributed by atoms with E-state index in [1.807, 2.05) is 32.2 Å². The van der Waals surface area contributed by atoms with Gasteiger partial charge in [-0.25, -0.2) is 0 Å². The zero-order valence-electron chi connectivity index (χ0n) is 8.57. The minimum Gasteiger partial charge on any atom is -0.471 e. The number of rotatable bonds is 0. The van der Waals surface area contributed by atoms with Gasteiger partial charge in [-0.05, 0) is 25.1 Å². The van der Waals surface area contributed by atoms with Crippen molar-refractivity contribution in [2.75, 3.05) is 11.9 Å². The third-order valence-corrected chi connectivity index (χ3v) is 3.22. The van der Waals surface area contributed by atoms with Gasteiger partial charge < -0.3 is 9.64 Å². The Morgan fingerprint density at radius 3 is 2.93 bits per heavy atom. The van der Waals surface area contributed by atoms with Crippen LogP contribution in [0.15, 0.2) is 22.7 Å². The molecule has 2 rings (SSSR count). The molecule has 0 fully saturated rings. The molecule has 1 heterocycles. The van der Waals surface area contributed by atoms with E-state index in [9.17, 15) is 0 Å². The number of likely N-dealkylation sites (N-methyl/N-ethyl adjacent to an activating group) is 1. The summed E-state index contributed by atoms with van der Waals surface area (Å²) in [5.74, 6) is 0.769. The largest absolute Gasteiger partial charge is 0.471 e. The molecule has 0 aromatic heterocycles. The summed E-state index contributed by atoms with van der Waals surface area (Å²) < 4.78 is 6.61. The highest BCUT2D eigenvalue weighted by atomic mass is 79.9. The van der Waals surface area contributed by atoms with Crippen LogP contribution in [0.25, 0.3) is 0 Å². The van der Waals surface area contributed by atoms with Gasteiger partial charge in [0.25, 0.3) is 0 Å². The molecule has 1 aliphatic heterocycles. The number of hydrogen-bond donors (Lipinski definition) is 0. The standard InChI is InChI=1S/C11H11BrN2O/c1-7-11(6-13)15-10-4-3-8(12)5-9(10)14(7)2/h3-5,7,11H,1-2H3. The Kier molecular flexibility index (Phi) is 2.57. The molecule has 0 N–H and O–H groups in total. The second kappa shape index (κ2) is 3.74. The van der Waals surface area contributed by atoms with Gasteiger partial charge in [0, 0.05) is 11.5 Å². The molecule has 3 nitrogen and oxygen atoms in total. The van der Waals surface area contributed by atoms with Gasteiger partial charge in [0.05, 0.1) is 11.7 Å². The van der Waals surface area contributed by atoms with Crippen LogP contribution in [0, 0.1) is 11.3 Å². The zero-order valence-corrected chi connectivity index (χ0v) is 10.2. The van der Waals surface area contributed by atoms with Crippen molar-refractivity contribution in [1.29, 1.82) is 5.26 Å². The fourth-order valence-corrected chi connectivity index (χ4v) is 2.01. The molecule has 0 aliphatic carbocycles. The van der Waals surface area contributed by atoms with Gasteiger partial charge in [0.15, 0.2) is 0 Å². The van der Waals surface area contributed by atoms with Crippen molar-refractivity contribution in [1.82, 2.24) is 0 Å². The van der Waals surface area contributed by atoms with Crippen molar-refractivity contribution in [2.45, 2.75) is 19.1 Å². The lowest BCUT2D eigenvalue weighted by molar-refractivity contribution is 0.212. The quantitative estimate of drug-likeness (QED) is 0.724. The molecule has 15 heavy (non-hydrogen) atoms. The summed E-state index contributed by atoms with van der Waals surface area (Å²) in [6, 6.07) is 8.02. The molecular formula is C11H11BrN2O. The van der Waals surface area contributed by atoms with Gasteiger partial charge in [-0.3, -0.25) is 0 Å². The van der Waals surface area contributed by atoms with E-state index in [4.69, 9.17) is 10.00 Å². The smallest absolute Gasteiger partial charge is 0.204 e. The third-order valence-electron chi connectivity index (χ3n) is 2.73. The van der Waals surface area contributed by atoms with Gasteiger partial charge in [-0.15, -0.1) is 0 Å². The Bertz CT molecular complexity index is 427. The minimum absolute atomic E-state index is 0.0665. The van der Waals surface area contributed by atoms with E-state index in [1.54, 1.807) is 0 Å². The highest BCUT2D eigenvalue weighted by Gasteiger charge is 2.30. The van der Waals surface area contributed by atoms with Crippen molar-refractivity contribution >= 4 is 21.6 Å². The molecule has 0 bridgehead atoms. The molecule has 2 atom stereocenters. The number of ether oxygens (including phenoxy) is 1. The predicted molar refractivity (Wildman–Crippen MR) is 62.0 cm³/mol. The number of nitriles is 1. The number of hydrogen-bond acceptors (Lipinski definition) is 3. The van der Waals surface area contributed by atoms with Gasteiger partial charge in [-0.2, -0.15) is 5.26 Å². The van der Waals surface area contributed by atoms with Gasteiger partial charge in [0.2, 0.25) is 6.10 Å². The average molecular weight is 267 g/mol. The second-order valence-electron chi connectivity index (χ2n) is 3.63. The summed E-state index contributed by atoms with van der Waals surface area (Å²) in [6.07, 6.45) is -0.399. The van der Waals surface area contributed by atoms with Crippen LogP contribution in [-0.2, 0) is 0 Å². The Morgan fingerprint density at radius 2 is 2.27 bits per heavy atom. The number of halogens is 1. The van der Waals surface area contributed by atoms with Crippen LogP contribution in [0.3, 0.4) is 0 Å². The van der Waals surface area contributed by atoms with Gasteiger partial charge >= 0.3 is 0 Å². The van der Waals surface area contributed by atoms with Crippen LogP contribution in [0.1, 0.15) is 6.92 Å². The fourth-order valence-electron chi connectivity index (χ4n) is 1.66. The van der Waals surface area contributed by atoms with E-state index in [-0.39, 0.29) is 6.04 Å². The summed E-state index contributed by atoms with van der Waals surface area (Å²) in [5, 5.41) is 8.95. The van der Waals surface area contributed by atoms with E-state index < -0.39 is 6.10 Å². The van der Waals surface area contributed by atoms with Crippen LogP contribution >= 0.6 is 15.9 Å². The Morgan fingerprint density at radius 1 is 1.53 bits per heavy atom. The number of benzene rings is 1. The van der Waals surface area contributed by atoms with Crippen LogP contribution < -0.4 is 9.64 Å². The molecule has 1 aromatic rings. The third kappa shape index (κ3) is 1.68. The first-order valence-electron chi connectivity index (χ1n) is 4.72. The average Bonchev–Trinajstić information content (AvgIpc) is 2.24. The summed E-state index contributed by atoms with van der Waals surface area (Å²) >= 11 is 3.42. The first kappa shape index (κ1) is 10.3. The Hall–Kier alpha value is -1.21. The highest BCUT2D eigenvalue weighted by Crippen LogP contribution is 2.36. The van der Waals surface area contributed by atoms with Crippen molar-refractivity contribution < 1.29 is 4.74 Å².